The van der Waals surface area contributed by atoms with Crippen LogP contribution < -0.4 is 4.72 Å². The van der Waals surface area contributed by atoms with Gasteiger partial charge < -0.3 is 5.11 Å². The largest absolute Gasteiger partial charge is 0.481 e. The molecule has 1 unspecified atom stereocenters. The summed E-state index contributed by atoms with van der Waals surface area (Å²) in [6.45, 7) is 7.38. The zero-order valence-electron chi connectivity index (χ0n) is 12.9. The van der Waals surface area contributed by atoms with Gasteiger partial charge in [0.05, 0.1) is 17.5 Å². The number of benzene rings is 1. The quantitative estimate of drug-likeness (QED) is 0.782. The first-order valence-electron chi connectivity index (χ1n) is 6.68. The zero-order chi connectivity index (χ0) is 17.2. The topological polar surface area (TPSA) is 49.3 Å². The van der Waals surface area contributed by atoms with Crippen molar-refractivity contribution in [3.05, 3.63) is 35.4 Å². The number of hydrogen-bond acceptors (Lipinski definition) is 3. The molecule has 0 aliphatic rings. The first-order valence-corrected chi connectivity index (χ1v) is 7.50. The van der Waals surface area contributed by atoms with E-state index in [0.717, 1.165) is 12.1 Å². The Balaban J connectivity index is 3.19. The number of nitrogens with one attached hydrogen (secondary N) is 1. The van der Waals surface area contributed by atoms with Crippen LogP contribution >= 0.6 is 11.9 Å². The fourth-order valence-corrected chi connectivity index (χ4v) is 2.53. The molecule has 0 fully saturated rings. The molecule has 0 bridgehead atoms. The molecule has 2 N–H and O–H groups in total. The molecule has 0 radical (unpaired) electrons. The molecule has 0 aliphatic heterocycles. The van der Waals surface area contributed by atoms with E-state index in [9.17, 15) is 18.0 Å². The Bertz CT molecular complexity index is 540. The number of carbonyl (C=O) groups is 1. The number of aliphatic carboxylic acids is 1. The lowest BCUT2D eigenvalue weighted by molar-refractivity contribution is -0.138. The minimum Gasteiger partial charge on any atom is -0.481 e. The van der Waals surface area contributed by atoms with Crippen molar-refractivity contribution in [1.82, 2.24) is 4.72 Å². The van der Waals surface area contributed by atoms with E-state index in [-0.39, 0.29) is 11.2 Å². The highest BCUT2D eigenvalue weighted by Gasteiger charge is 2.35. The first kappa shape index (κ1) is 18.8. The van der Waals surface area contributed by atoms with E-state index < -0.39 is 23.2 Å². The molecule has 0 spiro atoms. The second kappa shape index (κ2) is 6.50. The van der Waals surface area contributed by atoms with Gasteiger partial charge in [-0.25, -0.2) is 0 Å². The summed E-state index contributed by atoms with van der Waals surface area (Å²) in [5.41, 5.74) is -1.60. The second-order valence-corrected chi connectivity index (χ2v) is 7.93. The van der Waals surface area contributed by atoms with E-state index in [1.165, 1.54) is 24.1 Å². The van der Waals surface area contributed by atoms with Crippen LogP contribution in [0.3, 0.4) is 0 Å². The number of halogens is 3. The molecule has 22 heavy (non-hydrogen) atoms. The smallest absolute Gasteiger partial charge is 0.416 e. The van der Waals surface area contributed by atoms with E-state index >= 15 is 0 Å². The van der Waals surface area contributed by atoms with Crippen LogP contribution in [0.1, 0.15) is 45.2 Å². The van der Waals surface area contributed by atoms with Gasteiger partial charge in [0.1, 0.15) is 0 Å². The van der Waals surface area contributed by atoms with Gasteiger partial charge in [0.15, 0.2) is 0 Å². The van der Waals surface area contributed by atoms with Gasteiger partial charge in [0.2, 0.25) is 0 Å². The highest BCUT2D eigenvalue weighted by Crippen LogP contribution is 2.35. The van der Waals surface area contributed by atoms with Crippen LogP contribution in [0.4, 0.5) is 13.2 Å². The molecule has 0 aromatic heterocycles. The third-order valence-electron chi connectivity index (χ3n) is 2.91. The van der Waals surface area contributed by atoms with E-state index in [2.05, 4.69) is 4.72 Å². The van der Waals surface area contributed by atoms with Crippen molar-refractivity contribution in [3.63, 3.8) is 0 Å². The minimum atomic E-state index is -4.46. The molecular weight excluding hydrogens is 315 g/mol. The number of hydrogen-bond donors (Lipinski definition) is 2. The van der Waals surface area contributed by atoms with Crippen LogP contribution in [-0.2, 0) is 16.5 Å². The fraction of sp³-hybridized carbons (Fsp3) is 0.533. The highest BCUT2D eigenvalue weighted by atomic mass is 32.2. The van der Waals surface area contributed by atoms with Crippen LogP contribution in [-0.4, -0.2) is 15.8 Å². The zero-order valence-corrected chi connectivity index (χ0v) is 13.7. The average molecular weight is 335 g/mol. The molecule has 0 saturated heterocycles. The monoisotopic (exact) mass is 335 g/mol. The van der Waals surface area contributed by atoms with E-state index in [4.69, 9.17) is 5.11 Å². The Morgan fingerprint density at radius 2 is 1.73 bits per heavy atom. The molecular formula is C15H20F3NO2S. The summed E-state index contributed by atoms with van der Waals surface area (Å²) in [5, 5.41) is 9.10. The van der Waals surface area contributed by atoms with Crippen molar-refractivity contribution < 1.29 is 23.1 Å². The standard InChI is InChI=1S/C15H20F3NO2S/c1-13(2,3)22-19-14(4,9-12(20)21)10-6-5-7-11(8-10)15(16,17)18/h5-8,19H,9H2,1-4H3,(H,20,21). The van der Waals surface area contributed by atoms with Gasteiger partial charge in [0, 0.05) is 4.75 Å². The van der Waals surface area contributed by atoms with Crippen molar-refractivity contribution in [2.45, 2.75) is 50.6 Å². The van der Waals surface area contributed by atoms with Crippen LogP contribution in [0.15, 0.2) is 24.3 Å². The minimum absolute atomic E-state index is 0.207. The third-order valence-corrected chi connectivity index (χ3v) is 4.08. The molecule has 3 nitrogen and oxygen atoms in total. The Morgan fingerprint density at radius 3 is 2.18 bits per heavy atom. The Morgan fingerprint density at radius 1 is 1.18 bits per heavy atom. The first-order chi connectivity index (χ1) is 9.83. The lowest BCUT2D eigenvalue weighted by Crippen LogP contribution is -2.39. The predicted octanol–water partition coefficient (Wildman–Crippen LogP) is 4.43. The van der Waals surface area contributed by atoms with Gasteiger partial charge in [-0.05, 0) is 45.4 Å². The molecule has 1 aromatic carbocycles. The molecule has 124 valence electrons. The van der Waals surface area contributed by atoms with Crippen LogP contribution in [0.5, 0.6) is 0 Å². The highest BCUT2D eigenvalue weighted by molar-refractivity contribution is 7.98. The summed E-state index contributed by atoms with van der Waals surface area (Å²) in [6.07, 6.45) is -4.78. The molecule has 1 rings (SSSR count). The number of alkyl halides is 3. The summed E-state index contributed by atoms with van der Waals surface area (Å²) in [4.78, 5) is 11.1. The number of carboxylic acid groups (broad SMARTS) is 1. The number of carboxylic acids is 1. The maximum Gasteiger partial charge on any atom is 0.416 e. The SMILES string of the molecule is CC(C)(C)SNC(C)(CC(=O)O)c1cccc(C(F)(F)F)c1. The van der Waals surface area contributed by atoms with Gasteiger partial charge in [-0.1, -0.05) is 24.1 Å². The number of rotatable bonds is 5. The normalized spacial score (nSPS) is 15.4. The van der Waals surface area contributed by atoms with Gasteiger partial charge in [-0.15, -0.1) is 0 Å². The summed E-state index contributed by atoms with van der Waals surface area (Å²) in [6, 6.07) is 4.77. The molecule has 0 amide bonds. The Hall–Kier alpha value is -1.21. The Kier molecular flexibility index (Phi) is 5.56. The summed E-state index contributed by atoms with van der Waals surface area (Å²) < 4.78 is 41.4. The van der Waals surface area contributed by atoms with Gasteiger partial charge in [-0.2, -0.15) is 13.2 Å². The fourth-order valence-electron chi connectivity index (χ4n) is 1.80. The molecule has 7 heteroatoms. The Labute approximate surface area is 132 Å². The van der Waals surface area contributed by atoms with Crippen LogP contribution in [0, 0.1) is 0 Å². The predicted molar refractivity (Wildman–Crippen MR) is 81.5 cm³/mol. The maximum absolute atomic E-state index is 12.9. The van der Waals surface area contributed by atoms with Crippen molar-refractivity contribution in [2.24, 2.45) is 0 Å². The van der Waals surface area contributed by atoms with Gasteiger partial charge in [-0.3, -0.25) is 9.52 Å². The van der Waals surface area contributed by atoms with E-state index in [0.29, 0.717) is 5.56 Å². The van der Waals surface area contributed by atoms with E-state index in [1.54, 1.807) is 6.92 Å². The van der Waals surface area contributed by atoms with Crippen LogP contribution in [0.2, 0.25) is 0 Å². The second-order valence-electron chi connectivity index (χ2n) is 6.30. The summed E-state index contributed by atoms with van der Waals surface area (Å²) >= 11 is 1.30. The summed E-state index contributed by atoms with van der Waals surface area (Å²) in [5.74, 6) is -1.08. The molecule has 1 atom stereocenters. The third kappa shape index (κ3) is 5.53. The van der Waals surface area contributed by atoms with Gasteiger partial charge in [0.25, 0.3) is 0 Å². The van der Waals surface area contributed by atoms with Crippen molar-refractivity contribution in [2.75, 3.05) is 0 Å². The van der Waals surface area contributed by atoms with E-state index in [1.807, 2.05) is 20.8 Å². The van der Waals surface area contributed by atoms with Crippen molar-refractivity contribution in [1.29, 1.82) is 0 Å². The lowest BCUT2D eigenvalue weighted by Gasteiger charge is -2.33. The maximum atomic E-state index is 12.9. The average Bonchev–Trinajstić information content (AvgIpc) is 2.34. The molecule has 0 saturated carbocycles. The molecule has 0 aliphatic carbocycles. The van der Waals surface area contributed by atoms with Gasteiger partial charge >= 0.3 is 12.1 Å². The molecule has 0 heterocycles. The summed E-state index contributed by atoms with van der Waals surface area (Å²) in [7, 11) is 0. The molecule has 1 aromatic rings. The van der Waals surface area contributed by atoms with Crippen molar-refractivity contribution in [3.8, 4) is 0 Å². The van der Waals surface area contributed by atoms with Crippen molar-refractivity contribution >= 4 is 17.9 Å². The lowest BCUT2D eigenvalue weighted by atomic mass is 9.88. The van der Waals surface area contributed by atoms with Crippen LogP contribution in [0.25, 0.3) is 0 Å².